The molecule has 8 heteroatoms. The summed E-state index contributed by atoms with van der Waals surface area (Å²) in [7, 11) is 0. The number of amides is 1. The quantitative estimate of drug-likeness (QED) is 0.834. The highest BCUT2D eigenvalue weighted by atomic mass is 35.5. The maximum atomic E-state index is 12.5. The van der Waals surface area contributed by atoms with Gasteiger partial charge in [0.15, 0.2) is 5.82 Å². The molecule has 1 aliphatic carbocycles. The number of hydrogen-bond acceptors (Lipinski definition) is 4. The second-order valence-electron chi connectivity index (χ2n) is 7.10. The summed E-state index contributed by atoms with van der Waals surface area (Å²) in [6.07, 6.45) is 4.96. The van der Waals surface area contributed by atoms with E-state index in [-0.39, 0.29) is 42.1 Å². The maximum absolute atomic E-state index is 12.5. The van der Waals surface area contributed by atoms with Crippen LogP contribution in [0.15, 0.2) is 24.4 Å². The molecular formula is C18H25Cl2N5O. The minimum Gasteiger partial charge on any atom is -0.324 e. The molecule has 1 saturated heterocycles. The van der Waals surface area contributed by atoms with Crippen molar-refractivity contribution >= 4 is 36.4 Å². The normalized spacial score (nSPS) is 20.0. The Kier molecular flexibility index (Phi) is 6.32. The molecule has 0 aromatic carbocycles. The van der Waals surface area contributed by atoms with Gasteiger partial charge in [-0.1, -0.05) is 0 Å². The molecule has 1 amide bonds. The molecule has 1 atom stereocenters. The highest BCUT2D eigenvalue weighted by Crippen LogP contribution is 2.58. The monoisotopic (exact) mass is 397 g/mol. The molecule has 142 valence electrons. The van der Waals surface area contributed by atoms with E-state index in [2.05, 4.69) is 20.7 Å². The largest absolute Gasteiger partial charge is 0.324 e. The fourth-order valence-corrected chi connectivity index (χ4v) is 3.87. The molecular weight excluding hydrogens is 373 g/mol. The SMILES string of the molecule is Cc1cc(C)n(-c2ccc(NC(=O)C3CC34CCNCC4)cn2)n1.Cl.Cl. The van der Waals surface area contributed by atoms with Crippen LogP contribution in [-0.4, -0.2) is 33.8 Å². The first-order valence-electron chi connectivity index (χ1n) is 8.59. The van der Waals surface area contributed by atoms with Gasteiger partial charge in [0.05, 0.1) is 17.6 Å². The summed E-state index contributed by atoms with van der Waals surface area (Å²) in [5, 5.41) is 10.8. The molecule has 1 saturated carbocycles. The van der Waals surface area contributed by atoms with Gasteiger partial charge >= 0.3 is 0 Å². The van der Waals surface area contributed by atoms with Crippen molar-refractivity contribution < 1.29 is 4.79 Å². The van der Waals surface area contributed by atoms with Crippen LogP contribution >= 0.6 is 24.8 Å². The summed E-state index contributed by atoms with van der Waals surface area (Å²) in [6.45, 7) is 6.03. The molecule has 3 heterocycles. The molecule has 2 aromatic rings. The number of carbonyl (C=O) groups excluding carboxylic acids is 1. The Balaban J connectivity index is 0.00000121. The lowest BCUT2D eigenvalue weighted by atomic mass is 9.92. The lowest BCUT2D eigenvalue weighted by molar-refractivity contribution is -0.118. The molecule has 6 nitrogen and oxygen atoms in total. The van der Waals surface area contributed by atoms with Crippen LogP contribution < -0.4 is 10.6 Å². The molecule has 0 radical (unpaired) electrons. The van der Waals surface area contributed by atoms with E-state index >= 15 is 0 Å². The van der Waals surface area contributed by atoms with Crippen LogP contribution in [0, 0.1) is 25.2 Å². The molecule has 4 rings (SSSR count). The first-order chi connectivity index (χ1) is 11.6. The number of halogens is 2. The molecule has 2 aromatic heterocycles. The Labute approximate surface area is 166 Å². The standard InChI is InChI=1S/C18H23N5O.2ClH/c1-12-9-13(2)23(22-12)16-4-3-14(11-20-16)21-17(24)15-10-18(15)5-7-19-8-6-18;;/h3-4,9,11,15,19H,5-8,10H2,1-2H3,(H,21,24);2*1H. The van der Waals surface area contributed by atoms with Crippen molar-refractivity contribution in [2.75, 3.05) is 18.4 Å². The summed E-state index contributed by atoms with van der Waals surface area (Å²) in [6, 6.07) is 5.80. The Morgan fingerprint density at radius 2 is 2.00 bits per heavy atom. The Hall–Kier alpha value is -1.63. The molecule has 2 aliphatic rings. The number of carbonyl (C=O) groups is 1. The number of pyridine rings is 1. The van der Waals surface area contributed by atoms with Crippen molar-refractivity contribution in [3.63, 3.8) is 0 Å². The number of anilines is 1. The number of aromatic nitrogens is 3. The summed E-state index contributed by atoms with van der Waals surface area (Å²) < 4.78 is 1.81. The van der Waals surface area contributed by atoms with Crippen LogP contribution in [0.5, 0.6) is 0 Å². The van der Waals surface area contributed by atoms with Crippen LogP contribution in [0.4, 0.5) is 5.69 Å². The van der Waals surface area contributed by atoms with Crippen LogP contribution in [0.2, 0.25) is 0 Å². The first-order valence-corrected chi connectivity index (χ1v) is 8.59. The Morgan fingerprint density at radius 1 is 1.27 bits per heavy atom. The van der Waals surface area contributed by atoms with E-state index in [0.717, 1.165) is 55.2 Å². The molecule has 1 spiro atoms. The van der Waals surface area contributed by atoms with Gasteiger partial charge in [-0.3, -0.25) is 4.79 Å². The van der Waals surface area contributed by atoms with Crippen molar-refractivity contribution in [3.05, 3.63) is 35.8 Å². The highest BCUT2D eigenvalue weighted by Gasteiger charge is 2.57. The lowest BCUT2D eigenvalue weighted by Gasteiger charge is -2.23. The highest BCUT2D eigenvalue weighted by molar-refractivity contribution is 5.95. The van der Waals surface area contributed by atoms with Gasteiger partial charge in [-0.25, -0.2) is 9.67 Å². The van der Waals surface area contributed by atoms with E-state index in [1.54, 1.807) is 6.20 Å². The van der Waals surface area contributed by atoms with Crippen molar-refractivity contribution in [2.45, 2.75) is 33.1 Å². The second-order valence-corrected chi connectivity index (χ2v) is 7.10. The van der Waals surface area contributed by atoms with Gasteiger partial charge in [0.2, 0.25) is 5.91 Å². The molecule has 2 N–H and O–H groups in total. The van der Waals surface area contributed by atoms with Gasteiger partial charge in [-0.05, 0) is 69.8 Å². The third-order valence-electron chi connectivity index (χ3n) is 5.35. The van der Waals surface area contributed by atoms with Crippen molar-refractivity contribution in [2.24, 2.45) is 11.3 Å². The van der Waals surface area contributed by atoms with Crippen molar-refractivity contribution in [3.8, 4) is 5.82 Å². The topological polar surface area (TPSA) is 71.8 Å². The summed E-state index contributed by atoms with van der Waals surface area (Å²) in [4.78, 5) is 16.9. The van der Waals surface area contributed by atoms with E-state index in [4.69, 9.17) is 0 Å². The summed E-state index contributed by atoms with van der Waals surface area (Å²) in [5.41, 5.74) is 3.02. The zero-order valence-corrected chi connectivity index (χ0v) is 16.6. The number of nitrogens with one attached hydrogen (secondary N) is 2. The van der Waals surface area contributed by atoms with Crippen molar-refractivity contribution in [1.82, 2.24) is 20.1 Å². The first kappa shape index (κ1) is 20.7. The molecule has 26 heavy (non-hydrogen) atoms. The van der Waals surface area contributed by atoms with E-state index in [1.807, 2.05) is 36.7 Å². The fraction of sp³-hybridized carbons (Fsp3) is 0.500. The molecule has 1 aliphatic heterocycles. The number of rotatable bonds is 3. The van der Waals surface area contributed by atoms with E-state index in [9.17, 15) is 4.79 Å². The number of aryl methyl sites for hydroxylation is 2. The minimum atomic E-state index is 0. The number of nitrogens with zero attached hydrogens (tertiary/aromatic N) is 3. The van der Waals surface area contributed by atoms with E-state index < -0.39 is 0 Å². The minimum absolute atomic E-state index is 0. The van der Waals surface area contributed by atoms with Crippen LogP contribution in [0.3, 0.4) is 0 Å². The smallest absolute Gasteiger partial charge is 0.228 e. The average Bonchev–Trinajstić information content (AvgIpc) is 3.15. The Bertz CT molecular complexity index is 768. The zero-order chi connectivity index (χ0) is 16.7. The number of piperidine rings is 1. The number of hydrogen-bond donors (Lipinski definition) is 2. The van der Waals surface area contributed by atoms with E-state index in [0.29, 0.717) is 0 Å². The van der Waals surface area contributed by atoms with Gasteiger partial charge in [0, 0.05) is 11.6 Å². The lowest BCUT2D eigenvalue weighted by Crippen LogP contribution is -2.31. The summed E-state index contributed by atoms with van der Waals surface area (Å²) in [5.74, 6) is 1.06. The van der Waals surface area contributed by atoms with Crippen molar-refractivity contribution in [1.29, 1.82) is 0 Å². The molecule has 0 bridgehead atoms. The third kappa shape index (κ3) is 3.87. The second kappa shape index (κ2) is 7.94. The average molecular weight is 398 g/mol. The van der Waals surface area contributed by atoms with Crippen LogP contribution in [-0.2, 0) is 4.79 Å². The van der Waals surface area contributed by atoms with Crippen LogP contribution in [0.25, 0.3) is 5.82 Å². The van der Waals surface area contributed by atoms with Crippen LogP contribution in [0.1, 0.15) is 30.7 Å². The van der Waals surface area contributed by atoms with Gasteiger partial charge in [0.1, 0.15) is 0 Å². The third-order valence-corrected chi connectivity index (χ3v) is 5.35. The van der Waals surface area contributed by atoms with Gasteiger partial charge in [-0.15, -0.1) is 24.8 Å². The predicted octanol–water partition coefficient (Wildman–Crippen LogP) is 3.06. The molecule has 2 fully saturated rings. The molecule has 1 unspecified atom stereocenters. The Morgan fingerprint density at radius 3 is 2.58 bits per heavy atom. The predicted molar refractivity (Wildman–Crippen MR) is 107 cm³/mol. The fourth-order valence-electron chi connectivity index (χ4n) is 3.87. The summed E-state index contributed by atoms with van der Waals surface area (Å²) >= 11 is 0. The van der Waals surface area contributed by atoms with Gasteiger partial charge in [0.25, 0.3) is 0 Å². The van der Waals surface area contributed by atoms with Gasteiger partial charge in [-0.2, -0.15) is 5.10 Å². The zero-order valence-electron chi connectivity index (χ0n) is 15.0. The van der Waals surface area contributed by atoms with E-state index in [1.165, 1.54) is 0 Å². The van der Waals surface area contributed by atoms with Gasteiger partial charge < -0.3 is 10.6 Å². The maximum Gasteiger partial charge on any atom is 0.228 e.